The third-order valence-electron chi connectivity index (χ3n) is 3.34. The first-order valence-corrected chi connectivity index (χ1v) is 6.67. The lowest BCUT2D eigenvalue weighted by Crippen LogP contribution is -2.47. The van der Waals surface area contributed by atoms with Crippen molar-refractivity contribution < 1.29 is 9.53 Å². The molecule has 0 aromatic carbocycles. The van der Waals surface area contributed by atoms with Crippen molar-refractivity contribution in [1.82, 2.24) is 14.9 Å². The van der Waals surface area contributed by atoms with E-state index in [0.29, 0.717) is 32.2 Å². The summed E-state index contributed by atoms with van der Waals surface area (Å²) in [5.74, 6) is 0.532. The lowest BCUT2D eigenvalue weighted by Gasteiger charge is -2.32. The van der Waals surface area contributed by atoms with Crippen molar-refractivity contribution in [2.75, 3.05) is 31.6 Å². The van der Waals surface area contributed by atoms with E-state index in [1.54, 1.807) is 11.1 Å². The van der Waals surface area contributed by atoms with Gasteiger partial charge in [-0.3, -0.25) is 4.79 Å². The maximum Gasteiger partial charge on any atom is 0.246 e. The molecule has 0 aliphatic carbocycles. The van der Waals surface area contributed by atoms with E-state index < -0.39 is 0 Å². The van der Waals surface area contributed by atoms with E-state index in [1.165, 1.54) is 6.08 Å². The second-order valence-electron chi connectivity index (χ2n) is 4.82. The van der Waals surface area contributed by atoms with E-state index in [-0.39, 0.29) is 12.0 Å². The molecule has 1 N–H and O–H groups in total. The van der Waals surface area contributed by atoms with Crippen LogP contribution in [0, 0.1) is 13.8 Å². The maximum absolute atomic E-state index is 11.6. The van der Waals surface area contributed by atoms with Crippen molar-refractivity contribution in [3.63, 3.8) is 0 Å². The molecule has 6 heteroatoms. The van der Waals surface area contributed by atoms with Crippen LogP contribution in [0.15, 0.2) is 18.9 Å². The van der Waals surface area contributed by atoms with Crippen LogP contribution in [0.4, 0.5) is 5.95 Å². The molecule has 1 aromatic rings. The van der Waals surface area contributed by atoms with E-state index in [0.717, 1.165) is 11.3 Å². The molecule has 1 aromatic heterocycles. The Kier molecular flexibility index (Phi) is 4.68. The van der Waals surface area contributed by atoms with Crippen LogP contribution in [0.2, 0.25) is 0 Å². The summed E-state index contributed by atoms with van der Waals surface area (Å²) in [6.45, 7) is 9.71. The zero-order valence-electron chi connectivity index (χ0n) is 11.9. The van der Waals surface area contributed by atoms with Crippen LogP contribution in [0.1, 0.15) is 11.3 Å². The van der Waals surface area contributed by atoms with Crippen LogP contribution in [0.25, 0.3) is 0 Å². The van der Waals surface area contributed by atoms with Gasteiger partial charge in [0.2, 0.25) is 11.9 Å². The van der Waals surface area contributed by atoms with Gasteiger partial charge in [0.15, 0.2) is 0 Å². The average Bonchev–Trinajstić information content (AvgIpc) is 2.48. The molecule has 1 aliphatic rings. The highest BCUT2D eigenvalue weighted by Gasteiger charge is 2.22. The SMILES string of the molecule is C=CC(=O)N1CCOC(CNc2ncc(C)c(C)n2)C1. The van der Waals surface area contributed by atoms with Gasteiger partial charge in [-0.1, -0.05) is 6.58 Å². The van der Waals surface area contributed by atoms with Crippen molar-refractivity contribution in [3.8, 4) is 0 Å². The minimum absolute atomic E-state index is 0.0549. The fraction of sp³-hybridized carbons (Fsp3) is 0.500. The van der Waals surface area contributed by atoms with Gasteiger partial charge in [0.05, 0.1) is 12.7 Å². The number of hydrogen-bond acceptors (Lipinski definition) is 5. The minimum Gasteiger partial charge on any atom is -0.373 e. The summed E-state index contributed by atoms with van der Waals surface area (Å²) in [6.07, 6.45) is 3.07. The first kappa shape index (κ1) is 14.5. The summed E-state index contributed by atoms with van der Waals surface area (Å²) in [6, 6.07) is 0. The molecule has 1 atom stereocenters. The summed E-state index contributed by atoms with van der Waals surface area (Å²) >= 11 is 0. The molecular formula is C14H20N4O2. The molecule has 20 heavy (non-hydrogen) atoms. The molecule has 108 valence electrons. The highest BCUT2D eigenvalue weighted by Crippen LogP contribution is 2.09. The molecule has 2 rings (SSSR count). The minimum atomic E-state index is -0.0575. The number of carbonyl (C=O) groups excluding carboxylic acids is 1. The number of morpholine rings is 1. The van der Waals surface area contributed by atoms with Crippen molar-refractivity contribution in [3.05, 3.63) is 30.1 Å². The zero-order chi connectivity index (χ0) is 14.5. The predicted molar refractivity (Wildman–Crippen MR) is 76.5 cm³/mol. The Labute approximate surface area is 118 Å². The fourth-order valence-corrected chi connectivity index (χ4v) is 1.99. The van der Waals surface area contributed by atoms with Crippen LogP contribution in [0.3, 0.4) is 0 Å². The number of anilines is 1. The van der Waals surface area contributed by atoms with Crippen molar-refractivity contribution in [2.45, 2.75) is 20.0 Å². The first-order chi connectivity index (χ1) is 9.60. The third-order valence-corrected chi connectivity index (χ3v) is 3.34. The van der Waals surface area contributed by atoms with Crippen LogP contribution >= 0.6 is 0 Å². The van der Waals surface area contributed by atoms with Crippen LogP contribution in [0.5, 0.6) is 0 Å². The smallest absolute Gasteiger partial charge is 0.246 e. The molecule has 1 unspecified atom stereocenters. The monoisotopic (exact) mass is 276 g/mol. The molecule has 2 heterocycles. The lowest BCUT2D eigenvalue weighted by atomic mass is 10.2. The summed E-state index contributed by atoms with van der Waals surface area (Å²) in [4.78, 5) is 21.9. The van der Waals surface area contributed by atoms with Gasteiger partial charge in [-0.25, -0.2) is 9.97 Å². The van der Waals surface area contributed by atoms with Crippen LogP contribution < -0.4 is 5.32 Å². The maximum atomic E-state index is 11.6. The number of nitrogens with zero attached hydrogens (tertiary/aromatic N) is 3. The van der Waals surface area contributed by atoms with Gasteiger partial charge in [-0.05, 0) is 25.5 Å². The number of carbonyl (C=O) groups is 1. The molecule has 0 saturated carbocycles. The Balaban J connectivity index is 1.88. The molecule has 0 bridgehead atoms. The van der Waals surface area contributed by atoms with Crippen molar-refractivity contribution >= 4 is 11.9 Å². The van der Waals surface area contributed by atoms with Crippen LogP contribution in [-0.4, -0.2) is 53.1 Å². The second kappa shape index (κ2) is 6.47. The molecule has 0 spiro atoms. The molecule has 1 fully saturated rings. The standard InChI is InChI=1S/C14H20N4O2/c1-4-13(19)18-5-6-20-12(9-18)8-16-14-15-7-10(2)11(3)17-14/h4,7,12H,1,5-6,8-9H2,2-3H3,(H,15,16,17). The Hall–Kier alpha value is -1.95. The number of rotatable bonds is 4. The highest BCUT2D eigenvalue weighted by molar-refractivity contribution is 5.87. The van der Waals surface area contributed by atoms with Gasteiger partial charge in [0, 0.05) is 31.5 Å². The average molecular weight is 276 g/mol. The summed E-state index contributed by atoms with van der Waals surface area (Å²) in [5, 5.41) is 3.15. The van der Waals surface area contributed by atoms with E-state index in [9.17, 15) is 4.79 Å². The largest absolute Gasteiger partial charge is 0.373 e. The summed E-state index contributed by atoms with van der Waals surface area (Å²) < 4.78 is 5.63. The number of ether oxygens (including phenoxy) is 1. The van der Waals surface area contributed by atoms with E-state index >= 15 is 0 Å². The van der Waals surface area contributed by atoms with E-state index in [4.69, 9.17) is 4.74 Å². The topological polar surface area (TPSA) is 67.3 Å². The van der Waals surface area contributed by atoms with E-state index in [2.05, 4.69) is 21.9 Å². The van der Waals surface area contributed by atoms with Gasteiger partial charge in [-0.15, -0.1) is 0 Å². The molecule has 1 saturated heterocycles. The van der Waals surface area contributed by atoms with Gasteiger partial charge < -0.3 is 15.0 Å². The second-order valence-corrected chi connectivity index (χ2v) is 4.82. The predicted octanol–water partition coefficient (Wildman–Crippen LogP) is 0.919. The molecule has 0 radical (unpaired) electrons. The number of aryl methyl sites for hydroxylation is 2. The highest BCUT2D eigenvalue weighted by atomic mass is 16.5. The number of amides is 1. The van der Waals surface area contributed by atoms with Crippen LogP contribution in [-0.2, 0) is 9.53 Å². The summed E-state index contributed by atoms with van der Waals surface area (Å²) in [7, 11) is 0. The fourth-order valence-electron chi connectivity index (χ4n) is 1.99. The lowest BCUT2D eigenvalue weighted by molar-refractivity contribution is -0.132. The van der Waals surface area contributed by atoms with E-state index in [1.807, 2.05) is 13.8 Å². The molecule has 6 nitrogen and oxygen atoms in total. The van der Waals surface area contributed by atoms with Gasteiger partial charge >= 0.3 is 0 Å². The first-order valence-electron chi connectivity index (χ1n) is 6.67. The van der Waals surface area contributed by atoms with Crippen molar-refractivity contribution in [2.24, 2.45) is 0 Å². The molecule has 1 amide bonds. The van der Waals surface area contributed by atoms with Gasteiger partial charge in [0.1, 0.15) is 0 Å². The quantitative estimate of drug-likeness (QED) is 0.828. The Bertz CT molecular complexity index is 504. The molecular weight excluding hydrogens is 256 g/mol. The third kappa shape index (κ3) is 3.54. The Morgan fingerprint density at radius 1 is 1.65 bits per heavy atom. The number of nitrogens with one attached hydrogen (secondary N) is 1. The zero-order valence-corrected chi connectivity index (χ0v) is 11.9. The normalized spacial score (nSPS) is 18.7. The number of hydrogen-bond donors (Lipinski definition) is 1. The van der Waals surface area contributed by atoms with Gasteiger partial charge in [-0.2, -0.15) is 0 Å². The van der Waals surface area contributed by atoms with Gasteiger partial charge in [0.25, 0.3) is 0 Å². The Morgan fingerprint density at radius 3 is 3.15 bits per heavy atom. The summed E-state index contributed by atoms with van der Waals surface area (Å²) in [5.41, 5.74) is 2.02. The molecule has 1 aliphatic heterocycles. The Morgan fingerprint density at radius 2 is 2.45 bits per heavy atom. The number of aromatic nitrogens is 2. The van der Waals surface area contributed by atoms with Crippen molar-refractivity contribution in [1.29, 1.82) is 0 Å².